The van der Waals surface area contributed by atoms with E-state index in [9.17, 15) is 9.90 Å². The van der Waals surface area contributed by atoms with E-state index in [0.29, 0.717) is 6.54 Å². The number of quaternary nitrogens is 1. The number of aliphatic carboxylic acids is 1. The number of hydrogen-bond donors (Lipinski definition) is 2. The van der Waals surface area contributed by atoms with Gasteiger partial charge in [-0.15, -0.1) is 0 Å². The van der Waals surface area contributed by atoms with Gasteiger partial charge in [0.25, 0.3) is 0 Å². The average molecular weight is 354 g/mol. The molecule has 0 amide bonds. The lowest BCUT2D eigenvalue weighted by molar-refractivity contribution is -0.780. The molecule has 1 aliphatic rings. The molecule has 0 aromatic heterocycles. The Morgan fingerprint density at radius 1 is 1.00 bits per heavy atom. The molecule has 0 aromatic carbocycles. The number of nitrogens with zero attached hydrogens (tertiary/aromatic N) is 2. The topological polar surface area (TPSA) is 69.9 Å². The van der Waals surface area contributed by atoms with Gasteiger partial charge in [0.1, 0.15) is 12.7 Å². The monoisotopic (exact) mass is 353 g/mol. The van der Waals surface area contributed by atoms with E-state index in [4.69, 9.17) is 5.11 Å². The average Bonchev–Trinajstić information content (AvgIpc) is 2.94. The molecule has 25 heavy (non-hydrogen) atoms. The van der Waals surface area contributed by atoms with Gasteiger partial charge >= 0.3 is 5.97 Å². The summed E-state index contributed by atoms with van der Waals surface area (Å²) in [6.45, 7) is 2.57. The Labute approximate surface area is 153 Å². The molecule has 0 saturated carbocycles. The van der Waals surface area contributed by atoms with E-state index in [1.807, 2.05) is 0 Å². The van der Waals surface area contributed by atoms with E-state index >= 15 is 0 Å². The van der Waals surface area contributed by atoms with Gasteiger partial charge in [-0.3, -0.25) is 0 Å². The molecule has 0 bridgehead atoms. The predicted octanol–water partition coefficient (Wildman–Crippen LogP) is 4.46. The smallest absolute Gasteiger partial charge is 0.360 e. The van der Waals surface area contributed by atoms with E-state index in [-0.39, 0.29) is 17.6 Å². The predicted molar refractivity (Wildman–Crippen MR) is 102 cm³/mol. The minimum Gasteiger partial charge on any atom is -0.477 e. The minimum absolute atomic E-state index is 0.0328. The summed E-state index contributed by atoms with van der Waals surface area (Å²) in [4.78, 5) is 15.5. The highest BCUT2D eigenvalue weighted by atomic mass is 16.4. The molecule has 0 aromatic rings. The van der Waals surface area contributed by atoms with E-state index in [2.05, 4.69) is 11.9 Å². The highest BCUT2D eigenvalue weighted by Crippen LogP contribution is 2.21. The summed E-state index contributed by atoms with van der Waals surface area (Å²) in [6.07, 6.45) is 18.6. The molecule has 0 saturated heterocycles. The van der Waals surface area contributed by atoms with E-state index in [0.717, 1.165) is 18.7 Å². The van der Waals surface area contributed by atoms with Crippen LogP contribution in [0.25, 0.3) is 0 Å². The Bertz CT molecular complexity index is 435. The number of aliphatic imine (C=N–C) groups is 1. The third-order valence-electron chi connectivity index (χ3n) is 5.01. The van der Waals surface area contributed by atoms with Crippen LogP contribution < -0.4 is 0 Å². The van der Waals surface area contributed by atoms with Crippen molar-refractivity contribution in [3.05, 3.63) is 12.4 Å². The summed E-state index contributed by atoms with van der Waals surface area (Å²) in [6, 6.07) is 0. The van der Waals surface area contributed by atoms with Gasteiger partial charge in [-0.05, 0) is 6.42 Å². The molecule has 1 unspecified atom stereocenters. The Kier molecular flexibility index (Phi) is 11.4. The Balaban J connectivity index is 2.13. The van der Waals surface area contributed by atoms with Crippen LogP contribution in [-0.2, 0) is 4.79 Å². The molecule has 1 heterocycles. The summed E-state index contributed by atoms with van der Waals surface area (Å²) in [7, 11) is 0. The van der Waals surface area contributed by atoms with Crippen molar-refractivity contribution in [3.63, 3.8) is 0 Å². The van der Waals surface area contributed by atoms with Crippen molar-refractivity contribution in [2.75, 3.05) is 19.7 Å². The van der Waals surface area contributed by atoms with Crippen LogP contribution in [0, 0.1) is 0 Å². The quantitative estimate of drug-likeness (QED) is 0.318. The van der Waals surface area contributed by atoms with E-state index in [1.165, 1.54) is 64.2 Å². The van der Waals surface area contributed by atoms with Gasteiger partial charge in [0.05, 0.1) is 12.8 Å². The van der Waals surface area contributed by atoms with Crippen molar-refractivity contribution in [1.82, 2.24) is 0 Å². The number of rotatable bonds is 16. The number of aliphatic hydroxyl groups excluding tert-OH is 1. The molecular formula is C20H37N2O3+. The SMILES string of the molecule is CCCCCCCCCCCCCC1=NC=C[N+]1(CCO)CC(=O)O. The van der Waals surface area contributed by atoms with Gasteiger partial charge in [-0.2, -0.15) is 0 Å². The maximum absolute atomic E-state index is 11.2. The Hall–Kier alpha value is -1.20. The second kappa shape index (κ2) is 13.1. The summed E-state index contributed by atoms with van der Waals surface area (Å²) in [5, 5.41) is 18.4. The van der Waals surface area contributed by atoms with Crippen LogP contribution in [0.3, 0.4) is 0 Å². The second-order valence-corrected chi connectivity index (χ2v) is 7.16. The molecule has 5 heteroatoms. The molecule has 0 aliphatic carbocycles. The van der Waals surface area contributed by atoms with Crippen LogP contribution >= 0.6 is 0 Å². The van der Waals surface area contributed by atoms with Gasteiger partial charge in [0.2, 0.25) is 5.84 Å². The fourth-order valence-corrected chi connectivity index (χ4v) is 3.53. The Morgan fingerprint density at radius 3 is 2.08 bits per heavy atom. The molecule has 0 spiro atoms. The van der Waals surface area contributed by atoms with Gasteiger partial charge in [0.15, 0.2) is 6.54 Å². The number of carboxylic acid groups (broad SMARTS) is 1. The maximum atomic E-state index is 11.2. The third kappa shape index (κ3) is 8.63. The van der Waals surface area contributed by atoms with Crippen molar-refractivity contribution < 1.29 is 19.5 Å². The normalized spacial score (nSPS) is 19.4. The molecule has 1 aliphatic heterocycles. The van der Waals surface area contributed by atoms with E-state index in [1.54, 1.807) is 12.4 Å². The van der Waals surface area contributed by atoms with Gasteiger partial charge in [-0.25, -0.2) is 14.3 Å². The summed E-state index contributed by atoms with van der Waals surface area (Å²) < 4.78 is 0.184. The zero-order chi connectivity index (χ0) is 18.4. The van der Waals surface area contributed by atoms with Crippen LogP contribution in [-0.4, -0.2) is 46.2 Å². The van der Waals surface area contributed by atoms with Crippen molar-refractivity contribution in [1.29, 1.82) is 0 Å². The second-order valence-electron chi connectivity index (χ2n) is 7.16. The van der Waals surface area contributed by atoms with Crippen molar-refractivity contribution in [2.24, 2.45) is 4.99 Å². The zero-order valence-electron chi connectivity index (χ0n) is 16.0. The highest BCUT2D eigenvalue weighted by Gasteiger charge is 2.36. The minimum atomic E-state index is -0.855. The number of amidine groups is 1. The third-order valence-corrected chi connectivity index (χ3v) is 5.01. The highest BCUT2D eigenvalue weighted by molar-refractivity contribution is 5.81. The van der Waals surface area contributed by atoms with Crippen molar-refractivity contribution >= 4 is 11.8 Å². The Morgan fingerprint density at radius 2 is 1.56 bits per heavy atom. The lowest BCUT2D eigenvalue weighted by Crippen LogP contribution is -2.51. The maximum Gasteiger partial charge on any atom is 0.360 e. The van der Waals surface area contributed by atoms with Crippen molar-refractivity contribution in [3.8, 4) is 0 Å². The van der Waals surface area contributed by atoms with Crippen LogP contribution in [0.1, 0.15) is 84.0 Å². The molecule has 2 N–H and O–H groups in total. The number of carbonyl (C=O) groups is 1. The number of unbranched alkanes of at least 4 members (excludes halogenated alkanes) is 10. The molecule has 1 rings (SSSR count). The first kappa shape index (κ1) is 21.8. The van der Waals surface area contributed by atoms with Crippen LogP contribution in [0.2, 0.25) is 0 Å². The van der Waals surface area contributed by atoms with Crippen LogP contribution in [0.4, 0.5) is 0 Å². The van der Waals surface area contributed by atoms with Gasteiger partial charge < -0.3 is 10.2 Å². The first-order valence-corrected chi connectivity index (χ1v) is 10.1. The summed E-state index contributed by atoms with van der Waals surface area (Å²) in [5.74, 6) is 0.0269. The first-order valence-electron chi connectivity index (χ1n) is 10.1. The lowest BCUT2D eigenvalue weighted by atomic mass is 10.0. The molecular weight excluding hydrogens is 316 g/mol. The standard InChI is InChI=1S/C20H36N2O3/c1-2-3-4-5-6-7-8-9-10-11-12-13-19-21-14-15-22(19,16-17-23)18-20(24)25/h14-15,23H,2-13,16-18H2,1H3/p+1. The van der Waals surface area contributed by atoms with Crippen molar-refractivity contribution in [2.45, 2.75) is 84.0 Å². The summed E-state index contributed by atoms with van der Waals surface area (Å²) in [5.41, 5.74) is 0. The molecule has 5 nitrogen and oxygen atoms in total. The molecule has 1 atom stereocenters. The van der Waals surface area contributed by atoms with Gasteiger partial charge in [-0.1, -0.05) is 71.1 Å². The molecule has 144 valence electrons. The fraction of sp³-hybridized carbons (Fsp3) is 0.800. The summed E-state index contributed by atoms with van der Waals surface area (Å²) >= 11 is 0. The fourth-order valence-electron chi connectivity index (χ4n) is 3.53. The van der Waals surface area contributed by atoms with Crippen LogP contribution in [0.15, 0.2) is 17.4 Å². The first-order chi connectivity index (χ1) is 12.1. The van der Waals surface area contributed by atoms with E-state index < -0.39 is 5.97 Å². The molecule has 0 radical (unpaired) electrons. The number of aliphatic hydroxyl groups is 1. The largest absolute Gasteiger partial charge is 0.477 e. The van der Waals surface area contributed by atoms with Gasteiger partial charge in [0, 0.05) is 6.42 Å². The number of carboxylic acids is 1. The number of hydrogen-bond acceptors (Lipinski definition) is 3. The van der Waals surface area contributed by atoms with Crippen LogP contribution in [0.5, 0.6) is 0 Å². The molecule has 0 fully saturated rings. The zero-order valence-corrected chi connectivity index (χ0v) is 16.0. The lowest BCUT2D eigenvalue weighted by Gasteiger charge is -2.30.